The number of fused-ring (bicyclic) bond motifs is 1. The van der Waals surface area contributed by atoms with Crippen LogP contribution in [0.4, 0.5) is 13.2 Å². The Labute approximate surface area is 203 Å². The molecule has 6 nitrogen and oxygen atoms in total. The highest BCUT2D eigenvalue weighted by atomic mass is 32.2. The van der Waals surface area contributed by atoms with Gasteiger partial charge in [-0.2, -0.15) is 13.2 Å². The Morgan fingerprint density at radius 3 is 2.31 bits per heavy atom. The summed E-state index contributed by atoms with van der Waals surface area (Å²) in [4.78, 5) is 18.0. The third-order valence-electron chi connectivity index (χ3n) is 5.16. The van der Waals surface area contributed by atoms with Gasteiger partial charge in [0.15, 0.2) is 17.3 Å². The van der Waals surface area contributed by atoms with Crippen LogP contribution in [0.15, 0.2) is 63.9 Å². The quantitative estimate of drug-likeness (QED) is 0.297. The third-order valence-corrected chi connectivity index (χ3v) is 5.90. The number of hydrogen-bond acceptors (Lipinski definition) is 6. The number of alkyl halides is 3. The Morgan fingerprint density at radius 1 is 1.03 bits per heavy atom. The monoisotopic (exact) mass is 502 g/mol. The number of pyridine rings is 1. The SMILES string of the molecule is COc1cc2nc(-c3ccc(C)o3)cc(C(=O)NCc3ccc(SC(F)(F)F)cc3)c2cc1OC. The molecule has 2 aromatic carbocycles. The summed E-state index contributed by atoms with van der Waals surface area (Å²) in [5.41, 5.74) is -2.38. The number of thioether (sulfide) groups is 1. The van der Waals surface area contributed by atoms with Gasteiger partial charge in [0.05, 0.1) is 25.3 Å². The second kappa shape index (κ2) is 9.91. The number of aromatic nitrogens is 1. The van der Waals surface area contributed by atoms with E-state index in [-0.39, 0.29) is 29.1 Å². The van der Waals surface area contributed by atoms with E-state index in [2.05, 4.69) is 10.3 Å². The molecule has 0 atom stereocenters. The van der Waals surface area contributed by atoms with Crippen molar-refractivity contribution in [1.29, 1.82) is 0 Å². The Hall–Kier alpha value is -3.66. The van der Waals surface area contributed by atoms with Crippen molar-refractivity contribution in [3.05, 3.63) is 71.5 Å². The Balaban J connectivity index is 1.66. The molecule has 182 valence electrons. The number of rotatable bonds is 7. The number of aryl methyl sites for hydroxylation is 1. The molecule has 0 unspecified atom stereocenters. The van der Waals surface area contributed by atoms with E-state index in [0.717, 1.165) is 0 Å². The number of carbonyl (C=O) groups excluding carboxylic acids is 1. The van der Waals surface area contributed by atoms with Crippen molar-refractivity contribution in [3.63, 3.8) is 0 Å². The van der Waals surface area contributed by atoms with E-state index in [0.29, 0.717) is 50.7 Å². The zero-order valence-electron chi connectivity index (χ0n) is 19.0. The molecule has 1 N–H and O–H groups in total. The normalized spacial score (nSPS) is 11.5. The lowest BCUT2D eigenvalue weighted by Crippen LogP contribution is -2.23. The lowest BCUT2D eigenvalue weighted by Gasteiger charge is -2.13. The minimum absolute atomic E-state index is 0.0760. The molecule has 0 aliphatic rings. The molecule has 10 heteroatoms. The first kappa shape index (κ1) is 24.5. The summed E-state index contributed by atoms with van der Waals surface area (Å²) in [5, 5.41) is 3.37. The van der Waals surface area contributed by atoms with Crippen molar-refractivity contribution in [2.45, 2.75) is 23.9 Å². The maximum absolute atomic E-state index is 13.2. The van der Waals surface area contributed by atoms with Gasteiger partial charge in [0, 0.05) is 22.9 Å². The number of halogens is 3. The van der Waals surface area contributed by atoms with E-state index in [1.165, 1.54) is 26.4 Å². The number of carbonyl (C=O) groups is 1. The van der Waals surface area contributed by atoms with Crippen LogP contribution in [0.1, 0.15) is 21.7 Å². The molecule has 2 heterocycles. The lowest BCUT2D eigenvalue weighted by molar-refractivity contribution is -0.0328. The lowest BCUT2D eigenvalue weighted by atomic mass is 10.0. The number of furan rings is 1. The molecular weight excluding hydrogens is 481 g/mol. The maximum Gasteiger partial charge on any atom is 0.446 e. The van der Waals surface area contributed by atoms with Crippen LogP contribution in [0.3, 0.4) is 0 Å². The van der Waals surface area contributed by atoms with Gasteiger partial charge in [-0.05, 0) is 60.6 Å². The fraction of sp³-hybridized carbons (Fsp3) is 0.200. The minimum atomic E-state index is -4.36. The molecule has 0 aliphatic heterocycles. The zero-order chi connectivity index (χ0) is 25.2. The fourth-order valence-corrected chi connectivity index (χ4v) is 4.07. The first-order valence-electron chi connectivity index (χ1n) is 10.4. The molecule has 0 radical (unpaired) electrons. The molecular formula is C25H21F3N2O4S. The van der Waals surface area contributed by atoms with E-state index in [1.54, 1.807) is 42.5 Å². The maximum atomic E-state index is 13.2. The average molecular weight is 503 g/mol. The molecule has 35 heavy (non-hydrogen) atoms. The molecule has 0 spiro atoms. The third kappa shape index (κ3) is 5.71. The van der Waals surface area contributed by atoms with Crippen LogP contribution in [0.25, 0.3) is 22.4 Å². The van der Waals surface area contributed by atoms with Gasteiger partial charge in [-0.25, -0.2) is 4.98 Å². The van der Waals surface area contributed by atoms with E-state index < -0.39 is 5.51 Å². The molecule has 4 rings (SSSR count). The Kier molecular flexibility index (Phi) is 6.93. The average Bonchev–Trinajstić information content (AvgIpc) is 3.27. The van der Waals surface area contributed by atoms with Gasteiger partial charge >= 0.3 is 5.51 Å². The number of methoxy groups -OCH3 is 2. The summed E-state index contributed by atoms with van der Waals surface area (Å²) in [6.07, 6.45) is 0. The first-order chi connectivity index (χ1) is 16.7. The van der Waals surface area contributed by atoms with Gasteiger partial charge in [-0.3, -0.25) is 4.79 Å². The van der Waals surface area contributed by atoms with E-state index >= 15 is 0 Å². The zero-order valence-corrected chi connectivity index (χ0v) is 19.8. The van der Waals surface area contributed by atoms with Gasteiger partial charge in [0.1, 0.15) is 11.5 Å². The molecule has 0 aliphatic carbocycles. The number of ether oxygens (including phenoxy) is 2. The minimum Gasteiger partial charge on any atom is -0.493 e. The van der Waals surface area contributed by atoms with Crippen molar-refractivity contribution in [2.75, 3.05) is 14.2 Å². The van der Waals surface area contributed by atoms with Gasteiger partial charge in [0.2, 0.25) is 0 Å². The first-order valence-corrected chi connectivity index (χ1v) is 11.2. The fourth-order valence-electron chi connectivity index (χ4n) is 3.53. The summed E-state index contributed by atoms with van der Waals surface area (Å²) in [6.45, 7) is 1.94. The number of nitrogens with one attached hydrogen (secondary N) is 1. The van der Waals surface area contributed by atoms with Crippen LogP contribution in [0, 0.1) is 6.92 Å². The van der Waals surface area contributed by atoms with Gasteiger partial charge in [0.25, 0.3) is 5.91 Å². The summed E-state index contributed by atoms with van der Waals surface area (Å²) >= 11 is -0.186. The molecule has 1 amide bonds. The highest BCUT2D eigenvalue weighted by Crippen LogP contribution is 2.37. The van der Waals surface area contributed by atoms with Gasteiger partial charge in [-0.15, -0.1) is 0 Å². The standard InChI is InChI=1S/C25H21F3N2O4S/c1-14-4-9-21(34-14)20-10-18(17-11-22(32-2)23(33-3)12-19(17)30-20)24(31)29-13-15-5-7-16(8-6-15)35-25(26,27)28/h4-12H,13H2,1-3H3,(H,29,31). The van der Waals surface area contributed by atoms with E-state index in [4.69, 9.17) is 13.9 Å². The van der Waals surface area contributed by atoms with Crippen LogP contribution >= 0.6 is 11.8 Å². The van der Waals surface area contributed by atoms with E-state index in [9.17, 15) is 18.0 Å². The second-order valence-electron chi connectivity index (χ2n) is 7.56. The topological polar surface area (TPSA) is 73.6 Å². The molecule has 0 saturated heterocycles. The number of benzene rings is 2. The molecule has 0 bridgehead atoms. The van der Waals surface area contributed by atoms with Gasteiger partial charge < -0.3 is 19.2 Å². The summed E-state index contributed by atoms with van der Waals surface area (Å²) in [6, 6.07) is 14.4. The summed E-state index contributed by atoms with van der Waals surface area (Å²) < 4.78 is 54.1. The molecule has 2 aromatic heterocycles. The molecule has 0 fully saturated rings. The summed E-state index contributed by atoms with van der Waals surface area (Å²) in [7, 11) is 3.01. The highest BCUT2D eigenvalue weighted by Gasteiger charge is 2.29. The number of nitrogens with zero attached hydrogens (tertiary/aromatic N) is 1. The van der Waals surface area contributed by atoms with Crippen molar-refractivity contribution in [1.82, 2.24) is 10.3 Å². The van der Waals surface area contributed by atoms with E-state index in [1.807, 2.05) is 6.92 Å². The van der Waals surface area contributed by atoms with Crippen molar-refractivity contribution < 1.29 is 31.9 Å². The van der Waals surface area contributed by atoms with Crippen molar-refractivity contribution in [2.24, 2.45) is 0 Å². The number of amides is 1. The molecule has 4 aromatic rings. The van der Waals surface area contributed by atoms with Crippen LogP contribution < -0.4 is 14.8 Å². The second-order valence-corrected chi connectivity index (χ2v) is 8.70. The van der Waals surface area contributed by atoms with Crippen molar-refractivity contribution >= 4 is 28.6 Å². The Bertz CT molecular complexity index is 1370. The van der Waals surface area contributed by atoms with Gasteiger partial charge in [-0.1, -0.05) is 12.1 Å². The smallest absolute Gasteiger partial charge is 0.446 e. The van der Waals surface area contributed by atoms with Crippen molar-refractivity contribution in [3.8, 4) is 23.0 Å². The largest absolute Gasteiger partial charge is 0.493 e. The Morgan fingerprint density at radius 2 is 1.71 bits per heavy atom. The predicted octanol–water partition coefficient (Wildman–Crippen LogP) is 6.36. The van der Waals surface area contributed by atoms with Crippen LogP contribution in [-0.2, 0) is 6.54 Å². The molecule has 0 saturated carbocycles. The predicted molar refractivity (Wildman–Crippen MR) is 127 cm³/mol. The van der Waals surface area contributed by atoms with Crippen LogP contribution in [-0.4, -0.2) is 30.6 Å². The van der Waals surface area contributed by atoms with Crippen LogP contribution in [0.2, 0.25) is 0 Å². The van der Waals surface area contributed by atoms with Crippen LogP contribution in [0.5, 0.6) is 11.5 Å². The number of hydrogen-bond donors (Lipinski definition) is 1. The highest BCUT2D eigenvalue weighted by molar-refractivity contribution is 8.00. The summed E-state index contributed by atoms with van der Waals surface area (Å²) in [5.74, 6) is 1.72.